The van der Waals surface area contributed by atoms with Gasteiger partial charge in [-0.25, -0.2) is 0 Å². The fourth-order valence-corrected chi connectivity index (χ4v) is 4.03. The van der Waals surface area contributed by atoms with Gasteiger partial charge in [-0.2, -0.15) is 0 Å². The van der Waals surface area contributed by atoms with E-state index in [1.807, 2.05) is 80.6 Å². The second-order valence-corrected chi connectivity index (χ2v) is 8.07. The minimum Gasteiger partial charge on any atom is -0.457 e. The van der Waals surface area contributed by atoms with E-state index in [1.165, 1.54) is 0 Å². The lowest BCUT2D eigenvalue weighted by Crippen LogP contribution is -2.34. The van der Waals surface area contributed by atoms with E-state index in [4.69, 9.17) is 4.74 Å². The predicted molar refractivity (Wildman–Crippen MR) is 124 cm³/mol. The number of carbonyl (C=O) groups is 1. The van der Waals surface area contributed by atoms with E-state index in [1.54, 1.807) is 12.1 Å². The molecule has 1 amide bonds. The number of aryl methyl sites for hydroxylation is 2. The van der Waals surface area contributed by atoms with Gasteiger partial charge in [0, 0.05) is 16.8 Å². The van der Waals surface area contributed by atoms with Crippen molar-refractivity contribution in [3.05, 3.63) is 117 Å². The zero-order valence-electron chi connectivity index (χ0n) is 17.8. The monoisotopic (exact) mass is 422 g/mol. The van der Waals surface area contributed by atoms with Crippen molar-refractivity contribution in [1.82, 2.24) is 10.3 Å². The highest BCUT2D eigenvalue weighted by Gasteiger charge is 2.29. The average molecular weight is 422 g/mol. The second kappa shape index (κ2) is 7.85. The fourth-order valence-electron chi connectivity index (χ4n) is 4.03. The number of amides is 1. The van der Waals surface area contributed by atoms with Crippen LogP contribution in [0.1, 0.15) is 38.7 Å². The zero-order chi connectivity index (χ0) is 22.2. The molecule has 32 heavy (non-hydrogen) atoms. The van der Waals surface area contributed by atoms with Crippen LogP contribution < -0.4 is 15.6 Å². The maximum Gasteiger partial charge on any atom is 0.261 e. The molecule has 4 aromatic rings. The third-order valence-corrected chi connectivity index (χ3v) is 5.69. The first-order valence-electron chi connectivity index (χ1n) is 10.5. The van der Waals surface area contributed by atoms with Crippen molar-refractivity contribution in [3.63, 3.8) is 0 Å². The van der Waals surface area contributed by atoms with Crippen LogP contribution in [0.3, 0.4) is 0 Å². The Bertz CT molecular complexity index is 1340. The van der Waals surface area contributed by atoms with Gasteiger partial charge in [0.2, 0.25) is 0 Å². The standard InChI is InChI=1S/C27H22N2O3/c1-16-8-10-19-23(14-16)32-24-15-17(2)9-11-20(24)25(19)29-27(31)21-12-13-22(28-26(21)30)18-6-4-3-5-7-18/h3-15,25H,1-2H3,(H,28,30)(H,29,31). The Morgan fingerprint density at radius 3 is 2.06 bits per heavy atom. The number of rotatable bonds is 3. The van der Waals surface area contributed by atoms with E-state index >= 15 is 0 Å². The van der Waals surface area contributed by atoms with E-state index < -0.39 is 17.5 Å². The Labute approximate surface area is 185 Å². The van der Waals surface area contributed by atoms with Crippen LogP contribution in [0, 0.1) is 13.8 Å². The van der Waals surface area contributed by atoms with Crippen molar-refractivity contribution in [1.29, 1.82) is 0 Å². The van der Waals surface area contributed by atoms with Crippen molar-refractivity contribution >= 4 is 5.91 Å². The maximum absolute atomic E-state index is 13.2. The number of aromatic amines is 1. The molecule has 1 aliphatic rings. The van der Waals surface area contributed by atoms with E-state index in [9.17, 15) is 9.59 Å². The van der Waals surface area contributed by atoms with E-state index in [-0.39, 0.29) is 5.56 Å². The summed E-state index contributed by atoms with van der Waals surface area (Å²) < 4.78 is 6.13. The van der Waals surface area contributed by atoms with Crippen LogP contribution in [0.5, 0.6) is 11.5 Å². The zero-order valence-corrected chi connectivity index (χ0v) is 17.8. The number of benzene rings is 3. The van der Waals surface area contributed by atoms with Gasteiger partial charge < -0.3 is 15.0 Å². The first-order valence-corrected chi connectivity index (χ1v) is 10.5. The molecule has 2 N–H and O–H groups in total. The number of nitrogens with one attached hydrogen (secondary N) is 2. The molecular weight excluding hydrogens is 400 g/mol. The van der Waals surface area contributed by atoms with Gasteiger partial charge in [-0.05, 0) is 54.8 Å². The van der Waals surface area contributed by atoms with Gasteiger partial charge in [0.1, 0.15) is 17.1 Å². The fraction of sp³-hybridized carbons (Fsp3) is 0.111. The minimum absolute atomic E-state index is 0.0681. The van der Waals surface area contributed by atoms with Gasteiger partial charge in [-0.3, -0.25) is 9.59 Å². The summed E-state index contributed by atoms with van der Waals surface area (Å²) in [4.78, 5) is 28.7. The molecule has 0 saturated heterocycles. The van der Waals surface area contributed by atoms with Crippen LogP contribution in [0.2, 0.25) is 0 Å². The van der Waals surface area contributed by atoms with Crippen molar-refractivity contribution in [2.45, 2.75) is 19.9 Å². The molecule has 5 rings (SSSR count). The lowest BCUT2D eigenvalue weighted by atomic mass is 9.92. The highest BCUT2D eigenvalue weighted by atomic mass is 16.5. The molecule has 0 atom stereocenters. The molecule has 0 radical (unpaired) electrons. The topological polar surface area (TPSA) is 71.2 Å². The van der Waals surface area contributed by atoms with Gasteiger partial charge in [0.15, 0.2) is 0 Å². The molecular formula is C27H22N2O3. The Balaban J connectivity index is 1.50. The van der Waals surface area contributed by atoms with Crippen LogP contribution in [0.4, 0.5) is 0 Å². The summed E-state index contributed by atoms with van der Waals surface area (Å²) in [6.07, 6.45) is 0. The summed E-state index contributed by atoms with van der Waals surface area (Å²) in [5.74, 6) is 0.985. The lowest BCUT2D eigenvalue weighted by Gasteiger charge is -2.29. The number of H-pyrrole nitrogens is 1. The summed E-state index contributed by atoms with van der Waals surface area (Å²) in [6, 6.07) is 24.2. The SMILES string of the molecule is Cc1ccc2c(c1)Oc1cc(C)ccc1C2NC(=O)c1ccc(-c2ccccc2)[nH]c1=O. The highest BCUT2D eigenvalue weighted by molar-refractivity contribution is 5.94. The average Bonchev–Trinajstić information content (AvgIpc) is 2.79. The molecule has 0 unspecified atom stereocenters. The van der Waals surface area contributed by atoms with Crippen LogP contribution >= 0.6 is 0 Å². The largest absolute Gasteiger partial charge is 0.457 e. The Morgan fingerprint density at radius 1 is 0.844 bits per heavy atom. The smallest absolute Gasteiger partial charge is 0.261 e. The van der Waals surface area contributed by atoms with Gasteiger partial charge >= 0.3 is 0 Å². The van der Waals surface area contributed by atoms with Crippen molar-refractivity contribution in [2.24, 2.45) is 0 Å². The number of carbonyl (C=O) groups excluding carboxylic acids is 1. The quantitative estimate of drug-likeness (QED) is 0.472. The number of hydrogen-bond acceptors (Lipinski definition) is 3. The van der Waals surface area contributed by atoms with E-state index in [0.717, 1.165) is 27.8 Å². The third-order valence-electron chi connectivity index (χ3n) is 5.69. The predicted octanol–water partition coefficient (Wildman–Crippen LogP) is 5.28. The van der Waals surface area contributed by atoms with Crippen molar-refractivity contribution in [2.75, 3.05) is 0 Å². The molecule has 0 bridgehead atoms. The Morgan fingerprint density at radius 2 is 1.47 bits per heavy atom. The third kappa shape index (κ3) is 3.58. The second-order valence-electron chi connectivity index (χ2n) is 8.07. The summed E-state index contributed by atoms with van der Waals surface area (Å²) in [5.41, 5.74) is 5.04. The van der Waals surface area contributed by atoms with Crippen LogP contribution in [-0.2, 0) is 0 Å². The molecule has 1 aromatic heterocycles. The van der Waals surface area contributed by atoms with Gasteiger partial charge in [0.05, 0.1) is 6.04 Å². The van der Waals surface area contributed by atoms with Gasteiger partial charge in [-0.1, -0.05) is 54.6 Å². The van der Waals surface area contributed by atoms with Crippen LogP contribution in [0.15, 0.2) is 83.7 Å². The molecule has 1 aliphatic heterocycles. The highest BCUT2D eigenvalue weighted by Crippen LogP contribution is 2.43. The van der Waals surface area contributed by atoms with E-state index in [0.29, 0.717) is 17.2 Å². The number of fused-ring (bicyclic) bond motifs is 2. The first-order chi connectivity index (χ1) is 15.5. The molecule has 0 fully saturated rings. The molecule has 0 spiro atoms. The Kier molecular flexibility index (Phi) is 4.86. The molecule has 158 valence electrons. The number of aromatic nitrogens is 1. The van der Waals surface area contributed by atoms with Gasteiger partial charge in [-0.15, -0.1) is 0 Å². The number of ether oxygens (including phenoxy) is 1. The summed E-state index contributed by atoms with van der Waals surface area (Å²) >= 11 is 0. The normalized spacial score (nSPS) is 12.4. The molecule has 0 aliphatic carbocycles. The molecule has 0 saturated carbocycles. The summed E-state index contributed by atoms with van der Waals surface area (Å²) in [5, 5.41) is 3.05. The van der Waals surface area contributed by atoms with Crippen molar-refractivity contribution in [3.8, 4) is 22.8 Å². The number of hydrogen-bond donors (Lipinski definition) is 2. The van der Waals surface area contributed by atoms with Crippen LogP contribution in [-0.4, -0.2) is 10.9 Å². The van der Waals surface area contributed by atoms with Crippen LogP contribution in [0.25, 0.3) is 11.3 Å². The number of pyridine rings is 1. The maximum atomic E-state index is 13.2. The molecule has 5 nitrogen and oxygen atoms in total. The molecule has 2 heterocycles. The van der Waals surface area contributed by atoms with E-state index in [2.05, 4.69) is 10.3 Å². The van der Waals surface area contributed by atoms with Gasteiger partial charge in [0.25, 0.3) is 11.5 Å². The summed E-state index contributed by atoms with van der Waals surface area (Å²) in [6.45, 7) is 3.99. The summed E-state index contributed by atoms with van der Waals surface area (Å²) in [7, 11) is 0. The van der Waals surface area contributed by atoms with Crippen molar-refractivity contribution < 1.29 is 9.53 Å². The first kappa shape index (κ1) is 19.8. The molecule has 3 aromatic carbocycles. The minimum atomic E-state index is -0.434. The lowest BCUT2D eigenvalue weighted by molar-refractivity contribution is 0.0940. The molecule has 5 heteroatoms. The Hall–Kier alpha value is -4.12.